The number of aromatic amines is 1. The predicted molar refractivity (Wildman–Crippen MR) is 70.9 cm³/mol. The quantitative estimate of drug-likeness (QED) is 0.475. The molecule has 5 N–H and O–H groups in total. The maximum atomic E-state index is 10.3. The van der Waals surface area contributed by atoms with E-state index in [2.05, 4.69) is 15.4 Å². The Morgan fingerprint density at radius 3 is 1.27 bits per heavy atom. The van der Waals surface area contributed by atoms with E-state index in [-0.39, 0.29) is 11.1 Å². The lowest BCUT2D eigenvalue weighted by Crippen LogP contribution is -1.99. The standard InChI is InChI=1S/C8H6O4.C2H3N3.H2O4S/c9-7(10)5-1-2-6(4-3-5)8(11)12;1-2-4-5-3-1;1-5(2,3)4/h1-4H,(H,9,10)(H,11,12);1-2H,(H,3,4,5);(H2,1,2,3,4). The zero-order valence-corrected chi connectivity index (χ0v) is 11.5. The van der Waals surface area contributed by atoms with Gasteiger partial charge in [-0.05, 0) is 24.3 Å². The van der Waals surface area contributed by atoms with Gasteiger partial charge in [0.25, 0.3) is 0 Å². The van der Waals surface area contributed by atoms with Crippen molar-refractivity contribution in [3.8, 4) is 0 Å². The van der Waals surface area contributed by atoms with Gasteiger partial charge in [0.05, 0.1) is 23.5 Å². The van der Waals surface area contributed by atoms with E-state index in [0.717, 1.165) is 0 Å². The predicted octanol–water partition coefficient (Wildman–Crippen LogP) is 0.235. The highest BCUT2D eigenvalue weighted by Crippen LogP contribution is 2.03. The highest BCUT2D eigenvalue weighted by molar-refractivity contribution is 7.79. The van der Waals surface area contributed by atoms with Crippen molar-refractivity contribution in [2.75, 3.05) is 0 Å². The van der Waals surface area contributed by atoms with Gasteiger partial charge in [-0.25, -0.2) is 9.59 Å². The summed E-state index contributed by atoms with van der Waals surface area (Å²) in [6.45, 7) is 0. The first kappa shape index (κ1) is 19.2. The monoisotopic (exact) mass is 333 g/mol. The molecule has 0 fully saturated rings. The smallest absolute Gasteiger partial charge is 0.394 e. The molecule has 0 unspecified atom stereocenters. The Kier molecular flexibility index (Phi) is 7.99. The van der Waals surface area contributed by atoms with Crippen LogP contribution in [0.15, 0.2) is 36.7 Å². The van der Waals surface area contributed by atoms with Crippen LogP contribution in [0.1, 0.15) is 20.7 Å². The van der Waals surface area contributed by atoms with Crippen LogP contribution in [0.3, 0.4) is 0 Å². The molecular formula is C10H11N3O8S. The summed E-state index contributed by atoms with van der Waals surface area (Å²) in [4.78, 5) is 20.7. The summed E-state index contributed by atoms with van der Waals surface area (Å²) in [7, 11) is -4.67. The highest BCUT2D eigenvalue weighted by atomic mass is 32.3. The van der Waals surface area contributed by atoms with Gasteiger partial charge in [-0.15, -0.1) is 0 Å². The van der Waals surface area contributed by atoms with Crippen molar-refractivity contribution in [2.45, 2.75) is 0 Å². The van der Waals surface area contributed by atoms with Crippen LogP contribution in [-0.2, 0) is 10.4 Å². The second-order valence-electron chi connectivity index (χ2n) is 3.29. The number of hydrogen-bond donors (Lipinski definition) is 5. The number of carbonyl (C=O) groups is 2. The van der Waals surface area contributed by atoms with Gasteiger partial charge >= 0.3 is 22.3 Å². The highest BCUT2D eigenvalue weighted by Gasteiger charge is 2.04. The van der Waals surface area contributed by atoms with Crippen LogP contribution < -0.4 is 0 Å². The van der Waals surface area contributed by atoms with Crippen molar-refractivity contribution < 1.29 is 37.3 Å². The number of benzene rings is 1. The number of aromatic carboxylic acids is 2. The third kappa shape index (κ3) is 11.0. The molecule has 2 aromatic rings. The fraction of sp³-hybridized carbons (Fsp3) is 0. The number of carboxylic acid groups (broad SMARTS) is 2. The third-order valence-electron chi connectivity index (χ3n) is 1.71. The van der Waals surface area contributed by atoms with Crippen LogP contribution >= 0.6 is 0 Å². The van der Waals surface area contributed by atoms with E-state index in [9.17, 15) is 9.59 Å². The molecule has 1 heterocycles. The second-order valence-corrected chi connectivity index (χ2v) is 4.19. The van der Waals surface area contributed by atoms with Crippen LogP contribution in [0.2, 0.25) is 0 Å². The number of hydrogen-bond acceptors (Lipinski definition) is 6. The molecule has 0 saturated carbocycles. The van der Waals surface area contributed by atoms with Gasteiger partial charge < -0.3 is 10.2 Å². The Bertz CT molecular complexity index is 623. The maximum Gasteiger partial charge on any atom is 0.394 e. The molecule has 0 saturated heterocycles. The molecule has 2 rings (SSSR count). The van der Waals surface area contributed by atoms with E-state index in [0.29, 0.717) is 0 Å². The summed E-state index contributed by atoms with van der Waals surface area (Å²) in [5.41, 5.74) is 0.167. The average molecular weight is 333 g/mol. The van der Waals surface area contributed by atoms with Gasteiger partial charge in [0.1, 0.15) is 0 Å². The van der Waals surface area contributed by atoms with Crippen molar-refractivity contribution in [1.29, 1.82) is 0 Å². The molecule has 12 heteroatoms. The molecule has 0 aliphatic carbocycles. The summed E-state index contributed by atoms with van der Waals surface area (Å²) < 4.78 is 31.6. The zero-order valence-electron chi connectivity index (χ0n) is 10.7. The molecule has 1 aromatic heterocycles. The lowest BCUT2D eigenvalue weighted by atomic mass is 10.1. The molecule has 1 aromatic carbocycles. The number of nitrogens with zero attached hydrogens (tertiary/aromatic N) is 2. The van der Waals surface area contributed by atoms with Gasteiger partial charge in [0.2, 0.25) is 0 Å². The lowest BCUT2D eigenvalue weighted by molar-refractivity contribution is 0.0681. The minimum atomic E-state index is -4.67. The van der Waals surface area contributed by atoms with Gasteiger partial charge in [0, 0.05) is 0 Å². The first-order valence-electron chi connectivity index (χ1n) is 5.17. The lowest BCUT2D eigenvalue weighted by Gasteiger charge is -1.94. The first-order chi connectivity index (χ1) is 10.1. The summed E-state index contributed by atoms with van der Waals surface area (Å²) in [6.07, 6.45) is 3.17. The summed E-state index contributed by atoms with van der Waals surface area (Å²) >= 11 is 0. The fourth-order valence-corrected chi connectivity index (χ4v) is 0.922. The molecule has 0 amide bonds. The van der Waals surface area contributed by atoms with Gasteiger partial charge in [0.15, 0.2) is 0 Å². The fourth-order valence-electron chi connectivity index (χ4n) is 0.922. The van der Waals surface area contributed by atoms with E-state index in [1.807, 2.05) is 0 Å². The molecule has 0 radical (unpaired) electrons. The van der Waals surface area contributed by atoms with Crippen molar-refractivity contribution in [3.05, 3.63) is 47.8 Å². The molecule has 0 aliphatic rings. The average Bonchev–Trinajstić information content (AvgIpc) is 2.95. The summed E-state index contributed by atoms with van der Waals surface area (Å²) in [5.74, 6) is -2.13. The van der Waals surface area contributed by atoms with E-state index in [1.54, 1.807) is 12.4 Å². The molecule has 0 atom stereocenters. The SMILES string of the molecule is O=C(O)c1ccc(C(=O)O)cc1.O=S(=O)(O)O.c1cn[nH]n1. The van der Waals surface area contributed by atoms with E-state index in [4.69, 9.17) is 27.7 Å². The van der Waals surface area contributed by atoms with Crippen LogP contribution in [0.5, 0.6) is 0 Å². The van der Waals surface area contributed by atoms with Crippen molar-refractivity contribution in [3.63, 3.8) is 0 Å². The van der Waals surface area contributed by atoms with Gasteiger partial charge in [-0.2, -0.15) is 23.8 Å². The van der Waals surface area contributed by atoms with Crippen molar-refractivity contribution in [1.82, 2.24) is 15.4 Å². The minimum Gasteiger partial charge on any atom is -0.478 e. The molecule has 22 heavy (non-hydrogen) atoms. The van der Waals surface area contributed by atoms with Crippen LogP contribution in [-0.4, -0.2) is 55.1 Å². The molecular weight excluding hydrogens is 322 g/mol. The van der Waals surface area contributed by atoms with E-state index >= 15 is 0 Å². The van der Waals surface area contributed by atoms with Crippen LogP contribution in [0.4, 0.5) is 0 Å². The topological polar surface area (TPSA) is 191 Å². The van der Waals surface area contributed by atoms with E-state index in [1.165, 1.54) is 24.3 Å². The van der Waals surface area contributed by atoms with Crippen molar-refractivity contribution in [2.24, 2.45) is 0 Å². The molecule has 11 nitrogen and oxygen atoms in total. The Labute approximate surface area is 123 Å². The zero-order chi connectivity index (χ0) is 17.2. The number of rotatable bonds is 2. The number of nitrogens with one attached hydrogen (secondary N) is 1. The number of aromatic nitrogens is 3. The number of carboxylic acids is 2. The Morgan fingerprint density at radius 1 is 0.864 bits per heavy atom. The second kappa shape index (κ2) is 9.17. The largest absolute Gasteiger partial charge is 0.478 e. The Balaban J connectivity index is 0.000000363. The third-order valence-corrected chi connectivity index (χ3v) is 1.71. The van der Waals surface area contributed by atoms with Crippen LogP contribution in [0.25, 0.3) is 0 Å². The Morgan fingerprint density at radius 2 is 1.14 bits per heavy atom. The molecule has 120 valence electrons. The maximum absolute atomic E-state index is 10.3. The Hall–Kier alpha value is -2.83. The van der Waals surface area contributed by atoms with Crippen molar-refractivity contribution >= 4 is 22.3 Å². The van der Waals surface area contributed by atoms with Gasteiger partial charge in [-0.3, -0.25) is 9.11 Å². The summed E-state index contributed by atoms with van der Waals surface area (Å²) in [5, 5.41) is 26.3. The number of H-pyrrole nitrogens is 1. The first-order valence-corrected chi connectivity index (χ1v) is 6.57. The van der Waals surface area contributed by atoms with Crippen LogP contribution in [0, 0.1) is 0 Å². The van der Waals surface area contributed by atoms with E-state index < -0.39 is 22.3 Å². The van der Waals surface area contributed by atoms with Gasteiger partial charge in [-0.1, -0.05) is 0 Å². The molecule has 0 aliphatic heterocycles. The minimum absolute atomic E-state index is 0.0833. The molecule has 0 spiro atoms. The molecule has 0 bridgehead atoms. The normalized spacial score (nSPS) is 9.55. The summed E-state index contributed by atoms with van der Waals surface area (Å²) in [6, 6.07) is 5.02.